The van der Waals surface area contributed by atoms with Crippen molar-refractivity contribution in [2.24, 2.45) is 0 Å². The second-order valence-corrected chi connectivity index (χ2v) is 4.72. The van der Waals surface area contributed by atoms with E-state index in [1.54, 1.807) is 0 Å². The average molecular weight is 284 g/mol. The van der Waals surface area contributed by atoms with Crippen LogP contribution in [0.1, 0.15) is 5.56 Å². The van der Waals surface area contributed by atoms with Crippen LogP contribution in [-0.4, -0.2) is 6.54 Å². The third kappa shape index (κ3) is 3.37. The summed E-state index contributed by atoms with van der Waals surface area (Å²) in [6.07, 6.45) is 0.852. The molecule has 2 rings (SSSR count). The van der Waals surface area contributed by atoms with E-state index in [4.69, 9.17) is 23.2 Å². The number of nitrogens with one attached hydrogen (secondary N) is 1. The smallest absolute Gasteiger partial charge is 0.126 e. The van der Waals surface area contributed by atoms with E-state index in [0.717, 1.165) is 6.42 Å². The second-order valence-electron chi connectivity index (χ2n) is 3.91. The monoisotopic (exact) mass is 283 g/mol. The van der Waals surface area contributed by atoms with Crippen LogP contribution in [0.3, 0.4) is 0 Å². The van der Waals surface area contributed by atoms with E-state index in [-0.39, 0.29) is 0 Å². The van der Waals surface area contributed by atoms with Crippen molar-refractivity contribution < 1.29 is 4.39 Å². The molecule has 0 unspecified atom stereocenters. The molecule has 1 N–H and O–H groups in total. The fraction of sp³-hybridized carbons (Fsp3) is 0.143. The molecule has 0 amide bonds. The molecule has 0 aliphatic rings. The highest BCUT2D eigenvalue weighted by Gasteiger charge is 2.07. The third-order valence-electron chi connectivity index (χ3n) is 2.57. The molecule has 0 saturated carbocycles. The molecule has 4 heteroatoms. The van der Waals surface area contributed by atoms with E-state index in [9.17, 15) is 4.39 Å². The van der Waals surface area contributed by atoms with Crippen LogP contribution < -0.4 is 5.32 Å². The molecule has 2 aromatic carbocycles. The largest absolute Gasteiger partial charge is 0.382 e. The van der Waals surface area contributed by atoms with Crippen molar-refractivity contribution in [1.82, 2.24) is 0 Å². The number of hydrogen-bond acceptors (Lipinski definition) is 1. The Balaban J connectivity index is 1.99. The molecule has 18 heavy (non-hydrogen) atoms. The Bertz CT molecular complexity index is 506. The molecule has 0 atom stereocenters. The van der Waals surface area contributed by atoms with Gasteiger partial charge in [0.05, 0.1) is 15.7 Å². The van der Waals surface area contributed by atoms with Crippen LogP contribution in [0.25, 0.3) is 0 Å². The molecule has 1 nitrogen and oxygen atoms in total. The van der Waals surface area contributed by atoms with Crippen molar-refractivity contribution >= 4 is 28.9 Å². The summed E-state index contributed by atoms with van der Waals surface area (Å²) in [5.41, 5.74) is 1.80. The SMILES string of the molecule is Fc1cc(Cl)c(NCCc2ccccc2)c(Cl)c1. The van der Waals surface area contributed by atoms with Gasteiger partial charge in [0, 0.05) is 6.54 Å². The molecular weight excluding hydrogens is 272 g/mol. The third-order valence-corrected chi connectivity index (χ3v) is 3.16. The van der Waals surface area contributed by atoms with Crippen molar-refractivity contribution in [2.75, 3.05) is 11.9 Å². The standard InChI is InChI=1S/C14H12Cl2FN/c15-12-8-11(17)9-13(16)14(12)18-7-6-10-4-2-1-3-5-10/h1-5,8-9,18H,6-7H2. The van der Waals surface area contributed by atoms with Gasteiger partial charge in [-0.25, -0.2) is 4.39 Å². The molecule has 0 bridgehead atoms. The van der Waals surface area contributed by atoms with Crippen molar-refractivity contribution in [1.29, 1.82) is 0 Å². The highest BCUT2D eigenvalue weighted by molar-refractivity contribution is 6.39. The van der Waals surface area contributed by atoms with Gasteiger partial charge in [-0.3, -0.25) is 0 Å². The predicted octanol–water partition coefficient (Wildman–Crippen LogP) is 4.79. The lowest BCUT2D eigenvalue weighted by atomic mass is 10.1. The Kier molecular flexibility index (Phi) is 4.45. The number of benzene rings is 2. The van der Waals surface area contributed by atoms with Crippen molar-refractivity contribution in [2.45, 2.75) is 6.42 Å². The van der Waals surface area contributed by atoms with Crippen molar-refractivity contribution in [3.05, 3.63) is 63.9 Å². The minimum absolute atomic E-state index is 0.299. The van der Waals surface area contributed by atoms with Crippen LogP contribution in [0.5, 0.6) is 0 Å². The molecule has 0 aliphatic heterocycles. The van der Waals surface area contributed by atoms with Gasteiger partial charge < -0.3 is 5.32 Å². The summed E-state index contributed by atoms with van der Waals surface area (Å²) in [5, 5.41) is 3.72. The van der Waals surface area contributed by atoms with Gasteiger partial charge in [-0.15, -0.1) is 0 Å². The van der Waals surface area contributed by atoms with E-state index < -0.39 is 5.82 Å². The van der Waals surface area contributed by atoms with Gasteiger partial charge in [0.2, 0.25) is 0 Å². The summed E-state index contributed by atoms with van der Waals surface area (Å²) in [4.78, 5) is 0. The lowest BCUT2D eigenvalue weighted by Gasteiger charge is -2.10. The maximum Gasteiger partial charge on any atom is 0.126 e. The summed E-state index contributed by atoms with van der Waals surface area (Å²) < 4.78 is 13.0. The first kappa shape index (κ1) is 13.2. The Morgan fingerprint density at radius 2 is 1.61 bits per heavy atom. The molecule has 0 fully saturated rings. The topological polar surface area (TPSA) is 12.0 Å². The Hall–Kier alpha value is -1.25. The van der Waals surface area contributed by atoms with Crippen LogP contribution in [0.4, 0.5) is 10.1 Å². The quantitative estimate of drug-likeness (QED) is 0.851. The van der Waals surface area contributed by atoms with Crippen molar-refractivity contribution in [3.8, 4) is 0 Å². The van der Waals surface area contributed by atoms with Crippen LogP contribution in [0, 0.1) is 5.82 Å². The van der Waals surface area contributed by atoms with Gasteiger partial charge in [0.15, 0.2) is 0 Å². The molecular formula is C14H12Cl2FN. The molecule has 0 aliphatic carbocycles. The van der Waals surface area contributed by atoms with E-state index in [2.05, 4.69) is 17.4 Å². The Labute approximate surface area is 116 Å². The van der Waals surface area contributed by atoms with Gasteiger partial charge in [0.1, 0.15) is 5.82 Å². The molecule has 0 radical (unpaired) electrons. The first-order chi connectivity index (χ1) is 8.66. The van der Waals surface area contributed by atoms with Gasteiger partial charge in [-0.05, 0) is 24.1 Å². The lowest BCUT2D eigenvalue weighted by Crippen LogP contribution is -2.06. The maximum absolute atomic E-state index is 13.0. The zero-order valence-electron chi connectivity index (χ0n) is 9.59. The van der Waals surface area contributed by atoms with Gasteiger partial charge in [0.25, 0.3) is 0 Å². The second kappa shape index (κ2) is 6.07. The van der Waals surface area contributed by atoms with Gasteiger partial charge >= 0.3 is 0 Å². The maximum atomic E-state index is 13.0. The minimum atomic E-state index is -0.432. The van der Waals surface area contributed by atoms with Crippen LogP contribution >= 0.6 is 23.2 Å². The number of rotatable bonds is 4. The normalized spacial score (nSPS) is 10.4. The summed E-state index contributed by atoms with van der Waals surface area (Å²) in [6, 6.07) is 12.6. The van der Waals surface area contributed by atoms with Crippen LogP contribution in [0.2, 0.25) is 10.0 Å². The van der Waals surface area contributed by atoms with E-state index in [1.165, 1.54) is 17.7 Å². The molecule has 0 saturated heterocycles. The minimum Gasteiger partial charge on any atom is -0.382 e. The number of hydrogen-bond donors (Lipinski definition) is 1. The molecule has 0 heterocycles. The highest BCUT2D eigenvalue weighted by atomic mass is 35.5. The van der Waals surface area contributed by atoms with Crippen LogP contribution in [-0.2, 0) is 6.42 Å². The number of halogens is 3. The van der Waals surface area contributed by atoms with E-state index in [1.807, 2.05) is 18.2 Å². The fourth-order valence-corrected chi connectivity index (χ4v) is 2.28. The summed E-state index contributed by atoms with van der Waals surface area (Å²) in [6.45, 7) is 0.690. The molecule has 0 aromatic heterocycles. The summed E-state index contributed by atoms with van der Waals surface area (Å²) in [5.74, 6) is -0.432. The van der Waals surface area contributed by atoms with Gasteiger partial charge in [-0.2, -0.15) is 0 Å². The summed E-state index contributed by atoms with van der Waals surface area (Å²) in [7, 11) is 0. The number of anilines is 1. The zero-order valence-corrected chi connectivity index (χ0v) is 11.1. The van der Waals surface area contributed by atoms with Crippen molar-refractivity contribution in [3.63, 3.8) is 0 Å². The molecule has 0 spiro atoms. The highest BCUT2D eigenvalue weighted by Crippen LogP contribution is 2.31. The van der Waals surface area contributed by atoms with Gasteiger partial charge in [-0.1, -0.05) is 53.5 Å². The fourth-order valence-electron chi connectivity index (χ4n) is 1.69. The molecule has 94 valence electrons. The Morgan fingerprint density at radius 1 is 1.00 bits per heavy atom. The molecule has 2 aromatic rings. The Morgan fingerprint density at radius 3 is 2.22 bits per heavy atom. The summed E-state index contributed by atoms with van der Waals surface area (Å²) >= 11 is 11.9. The van der Waals surface area contributed by atoms with E-state index >= 15 is 0 Å². The first-order valence-electron chi connectivity index (χ1n) is 5.59. The lowest BCUT2D eigenvalue weighted by molar-refractivity contribution is 0.628. The average Bonchev–Trinajstić information content (AvgIpc) is 2.34. The zero-order chi connectivity index (χ0) is 13.0. The first-order valence-corrected chi connectivity index (χ1v) is 6.35. The predicted molar refractivity (Wildman–Crippen MR) is 75.1 cm³/mol. The van der Waals surface area contributed by atoms with E-state index in [0.29, 0.717) is 22.3 Å². The van der Waals surface area contributed by atoms with Crippen LogP contribution in [0.15, 0.2) is 42.5 Å².